The largest absolute Gasteiger partial charge is 0.294 e. The first kappa shape index (κ1) is 38.5. The molecule has 0 aliphatic heterocycles. The van der Waals surface area contributed by atoms with E-state index >= 15 is 4.79 Å². The molecule has 60 heavy (non-hydrogen) atoms. The Morgan fingerprint density at radius 3 is 1.23 bits per heavy atom. The maximum absolute atomic E-state index is 15.1. The van der Waals surface area contributed by atoms with Crippen LogP contribution in [0.25, 0.3) is 33.4 Å². The number of benzene rings is 7. The van der Waals surface area contributed by atoms with Crippen LogP contribution in [0.5, 0.6) is 0 Å². The minimum absolute atomic E-state index is 0.0410. The van der Waals surface area contributed by atoms with E-state index in [-0.39, 0.29) is 16.5 Å². The van der Waals surface area contributed by atoms with Crippen LogP contribution in [0.2, 0.25) is 0 Å². The summed E-state index contributed by atoms with van der Waals surface area (Å²) in [7, 11) is -4.44. The molecule has 0 heterocycles. The van der Waals surface area contributed by atoms with Crippen molar-refractivity contribution in [1.29, 1.82) is 0 Å². The molecule has 6 heteroatoms. The number of hydrogen-bond donors (Lipinski definition) is 1. The molecule has 1 N–H and O–H groups in total. The van der Waals surface area contributed by atoms with Gasteiger partial charge >= 0.3 is 0 Å². The first-order valence-electron chi connectivity index (χ1n) is 19.9. The zero-order chi connectivity index (χ0) is 41.5. The molecule has 0 amide bonds. The fourth-order valence-electron chi connectivity index (χ4n) is 8.79. The van der Waals surface area contributed by atoms with E-state index in [9.17, 15) is 17.8 Å². The molecular weight excluding hydrogens is 761 g/mol. The second-order valence-corrected chi connectivity index (χ2v) is 16.9. The van der Waals surface area contributed by atoms with Crippen molar-refractivity contribution >= 4 is 55.1 Å². The summed E-state index contributed by atoms with van der Waals surface area (Å²) < 4.78 is 33.8. The molecule has 0 radical (unpaired) electrons. The standard InChI is InChI=1S/C54H40O5S/c1-34-18-22-41(23-19-34)50-45(36-12-6-3-7-13-36)47(49(53(50)55)38-16-10-5-11-17-38)39-26-28-40(29-27-39)48-46(37-14-8-4-9-15-37)52(43-30-32-44(33-31-43)60(57,58)59)54(56)51(48)42-24-20-35(2)21-25-42/h3-33,46,52H,1-2H3,(H,57,58,59). The van der Waals surface area contributed by atoms with Gasteiger partial charge in [-0.15, -0.1) is 0 Å². The van der Waals surface area contributed by atoms with Gasteiger partial charge in [0.15, 0.2) is 11.6 Å². The van der Waals surface area contributed by atoms with Crippen molar-refractivity contribution in [1.82, 2.24) is 0 Å². The number of allylic oxidation sites excluding steroid dienone is 6. The molecule has 5 nitrogen and oxygen atoms in total. The SMILES string of the molecule is Cc1ccc(C2=C(c3ccccc3)C(c3ccc(C4=C(c5ccc(C)cc5)C(=O)C(c5ccc(S(=O)(=O)O)cc5)C4c4ccccc4)cc3)=C(c3ccccc3)C2=O)cc1. The van der Waals surface area contributed by atoms with Gasteiger partial charge in [-0.3, -0.25) is 14.1 Å². The number of ketones is 2. The highest BCUT2D eigenvalue weighted by molar-refractivity contribution is 7.85. The Bertz CT molecular complexity index is 2980. The van der Waals surface area contributed by atoms with E-state index < -0.39 is 22.0 Å². The number of carbonyl (C=O) groups excluding carboxylic acids is 2. The van der Waals surface area contributed by atoms with E-state index in [0.717, 1.165) is 66.8 Å². The first-order valence-corrected chi connectivity index (χ1v) is 21.3. The summed E-state index contributed by atoms with van der Waals surface area (Å²) in [5.41, 5.74) is 13.3. The number of hydrogen-bond acceptors (Lipinski definition) is 4. The van der Waals surface area contributed by atoms with Gasteiger partial charge in [0.05, 0.1) is 10.8 Å². The molecule has 2 unspecified atom stereocenters. The molecule has 292 valence electrons. The van der Waals surface area contributed by atoms with Crippen LogP contribution in [0, 0.1) is 13.8 Å². The lowest BCUT2D eigenvalue weighted by Crippen LogP contribution is -2.15. The number of aryl methyl sites for hydroxylation is 2. The molecule has 0 bridgehead atoms. The van der Waals surface area contributed by atoms with E-state index in [1.165, 1.54) is 12.1 Å². The zero-order valence-electron chi connectivity index (χ0n) is 33.0. The lowest BCUT2D eigenvalue weighted by Gasteiger charge is -2.23. The Kier molecular flexibility index (Phi) is 10.0. The van der Waals surface area contributed by atoms with Gasteiger partial charge in [0.1, 0.15) is 0 Å². The van der Waals surface area contributed by atoms with E-state index in [4.69, 9.17) is 0 Å². The van der Waals surface area contributed by atoms with Crippen molar-refractivity contribution in [3.63, 3.8) is 0 Å². The molecule has 0 spiro atoms. The third-order valence-corrected chi connectivity index (χ3v) is 12.5. The van der Waals surface area contributed by atoms with Crippen molar-refractivity contribution in [3.05, 3.63) is 244 Å². The minimum Gasteiger partial charge on any atom is -0.293 e. The maximum atomic E-state index is 15.1. The Morgan fingerprint density at radius 2 is 0.750 bits per heavy atom. The van der Waals surface area contributed by atoms with Gasteiger partial charge < -0.3 is 0 Å². The predicted molar refractivity (Wildman–Crippen MR) is 240 cm³/mol. The topological polar surface area (TPSA) is 88.5 Å². The van der Waals surface area contributed by atoms with E-state index in [1.54, 1.807) is 12.1 Å². The monoisotopic (exact) mass is 800 g/mol. The highest BCUT2D eigenvalue weighted by atomic mass is 32.2. The minimum atomic E-state index is -4.44. The van der Waals surface area contributed by atoms with Crippen molar-refractivity contribution in [2.75, 3.05) is 0 Å². The van der Waals surface area contributed by atoms with E-state index in [1.807, 2.05) is 141 Å². The summed E-state index contributed by atoms with van der Waals surface area (Å²) in [4.78, 5) is 29.8. The zero-order valence-corrected chi connectivity index (χ0v) is 33.9. The molecular formula is C54H40O5S. The highest BCUT2D eigenvalue weighted by Gasteiger charge is 2.44. The highest BCUT2D eigenvalue weighted by Crippen LogP contribution is 2.55. The summed E-state index contributed by atoms with van der Waals surface area (Å²) in [6.07, 6.45) is 0. The average Bonchev–Trinajstić information content (AvgIpc) is 3.75. The summed E-state index contributed by atoms with van der Waals surface area (Å²) in [5.74, 6) is -1.24. The molecule has 0 aromatic heterocycles. The van der Waals surface area contributed by atoms with Crippen LogP contribution in [0.4, 0.5) is 0 Å². The van der Waals surface area contributed by atoms with Crippen LogP contribution in [0.3, 0.4) is 0 Å². The van der Waals surface area contributed by atoms with Gasteiger partial charge in [0.25, 0.3) is 10.1 Å². The summed E-state index contributed by atoms with van der Waals surface area (Å²) in [5, 5.41) is 0. The van der Waals surface area contributed by atoms with Gasteiger partial charge in [-0.05, 0) is 76.1 Å². The van der Waals surface area contributed by atoms with Gasteiger partial charge in [0, 0.05) is 33.8 Å². The maximum Gasteiger partial charge on any atom is 0.294 e. The fourth-order valence-corrected chi connectivity index (χ4v) is 9.27. The average molecular weight is 801 g/mol. The Hall–Kier alpha value is -6.99. The molecule has 0 saturated heterocycles. The quantitative estimate of drug-likeness (QED) is 0.147. The van der Waals surface area contributed by atoms with Crippen molar-refractivity contribution in [2.24, 2.45) is 0 Å². The normalized spacial score (nSPS) is 16.9. The number of carbonyl (C=O) groups is 2. The van der Waals surface area contributed by atoms with E-state index in [0.29, 0.717) is 22.3 Å². The Labute approximate surface area is 350 Å². The third kappa shape index (κ3) is 7.00. The van der Waals surface area contributed by atoms with Crippen LogP contribution in [-0.2, 0) is 19.7 Å². The van der Waals surface area contributed by atoms with Gasteiger partial charge in [-0.25, -0.2) is 0 Å². The predicted octanol–water partition coefficient (Wildman–Crippen LogP) is 11.7. The van der Waals surface area contributed by atoms with Crippen molar-refractivity contribution in [2.45, 2.75) is 30.6 Å². The number of Topliss-reactive ketones (excluding diaryl/α,β-unsaturated/α-hetero) is 2. The Morgan fingerprint density at radius 1 is 0.383 bits per heavy atom. The second kappa shape index (κ2) is 15.6. The Balaban J connectivity index is 1.26. The first-order chi connectivity index (χ1) is 29.1. The van der Waals surface area contributed by atoms with Gasteiger partial charge in [0.2, 0.25) is 0 Å². The fraction of sp³-hybridized carbons (Fsp3) is 0.0741. The van der Waals surface area contributed by atoms with Crippen LogP contribution in [0.15, 0.2) is 193 Å². The lowest BCUT2D eigenvalue weighted by atomic mass is 9.78. The van der Waals surface area contributed by atoms with Crippen LogP contribution < -0.4 is 0 Å². The van der Waals surface area contributed by atoms with Crippen LogP contribution >= 0.6 is 0 Å². The second-order valence-electron chi connectivity index (χ2n) is 15.4. The molecule has 7 aromatic rings. The molecule has 9 rings (SSSR count). The van der Waals surface area contributed by atoms with Gasteiger partial charge in [-0.1, -0.05) is 187 Å². The summed E-state index contributed by atoms with van der Waals surface area (Å²) in [6, 6.07) is 60.0. The lowest BCUT2D eigenvalue weighted by molar-refractivity contribution is -0.114. The van der Waals surface area contributed by atoms with Crippen molar-refractivity contribution in [3.8, 4) is 0 Å². The summed E-state index contributed by atoms with van der Waals surface area (Å²) >= 11 is 0. The third-order valence-electron chi connectivity index (χ3n) is 11.6. The van der Waals surface area contributed by atoms with Gasteiger partial charge in [-0.2, -0.15) is 8.42 Å². The molecule has 2 atom stereocenters. The molecule has 2 aliphatic carbocycles. The molecule has 2 aliphatic rings. The summed E-state index contributed by atoms with van der Waals surface area (Å²) in [6.45, 7) is 4.05. The van der Waals surface area contributed by atoms with Crippen LogP contribution in [0.1, 0.15) is 67.5 Å². The smallest absolute Gasteiger partial charge is 0.293 e. The van der Waals surface area contributed by atoms with Crippen molar-refractivity contribution < 1.29 is 22.6 Å². The molecule has 7 aromatic carbocycles. The van der Waals surface area contributed by atoms with Crippen LogP contribution in [-0.4, -0.2) is 24.5 Å². The van der Waals surface area contributed by atoms with E-state index in [2.05, 4.69) is 36.4 Å². The number of rotatable bonds is 9. The molecule has 0 saturated carbocycles. The molecule has 0 fully saturated rings.